The third-order valence-corrected chi connectivity index (χ3v) is 4.70. The summed E-state index contributed by atoms with van der Waals surface area (Å²) in [7, 11) is -4.48. The van der Waals surface area contributed by atoms with Crippen molar-refractivity contribution in [2.45, 2.75) is 25.9 Å². The number of halogens is 3. The van der Waals surface area contributed by atoms with Crippen molar-refractivity contribution in [1.82, 2.24) is 0 Å². The van der Waals surface area contributed by atoms with Crippen LogP contribution >= 0.6 is 19.2 Å². The minimum Gasteiger partial charge on any atom is -0.305 e. The average molecular weight is 313 g/mol. The van der Waals surface area contributed by atoms with E-state index in [-0.39, 0.29) is 18.8 Å². The molecule has 0 unspecified atom stereocenters. The van der Waals surface area contributed by atoms with Crippen molar-refractivity contribution < 1.29 is 22.4 Å². The van der Waals surface area contributed by atoms with Gasteiger partial charge < -0.3 is 9.05 Å². The Morgan fingerprint density at radius 3 is 2.32 bits per heavy atom. The SMILES string of the molecule is CCOP(=O)(OCC)C(F)(F)Cc1cccc(Cl)c1. The summed E-state index contributed by atoms with van der Waals surface area (Å²) in [6, 6.07) is 6.02. The highest BCUT2D eigenvalue weighted by Crippen LogP contribution is 2.62. The lowest BCUT2D eigenvalue weighted by Crippen LogP contribution is -2.23. The molecular formula is C12H16ClF2O3P. The van der Waals surface area contributed by atoms with Crippen LogP contribution in [0.3, 0.4) is 0 Å². The second-order valence-electron chi connectivity index (χ2n) is 3.81. The maximum atomic E-state index is 14.1. The molecule has 0 heterocycles. The molecule has 0 spiro atoms. The highest BCUT2D eigenvalue weighted by Gasteiger charge is 2.53. The molecule has 1 aromatic rings. The zero-order chi connectivity index (χ0) is 14.5. The van der Waals surface area contributed by atoms with Crippen molar-refractivity contribution >= 4 is 19.2 Å². The van der Waals surface area contributed by atoms with Gasteiger partial charge in [0.05, 0.1) is 13.2 Å². The minimum atomic E-state index is -4.48. The molecule has 108 valence electrons. The molecule has 0 radical (unpaired) electrons. The van der Waals surface area contributed by atoms with E-state index in [1.54, 1.807) is 12.1 Å². The maximum Gasteiger partial charge on any atom is 0.399 e. The van der Waals surface area contributed by atoms with E-state index in [0.29, 0.717) is 5.02 Å². The molecule has 0 aliphatic heterocycles. The van der Waals surface area contributed by atoms with Gasteiger partial charge in [0, 0.05) is 11.4 Å². The Morgan fingerprint density at radius 1 is 1.26 bits per heavy atom. The number of benzene rings is 1. The molecule has 0 aliphatic carbocycles. The fourth-order valence-corrected chi connectivity index (χ4v) is 3.28. The highest BCUT2D eigenvalue weighted by atomic mass is 35.5. The van der Waals surface area contributed by atoms with Gasteiger partial charge in [0.1, 0.15) is 0 Å². The number of rotatable bonds is 7. The molecule has 0 amide bonds. The van der Waals surface area contributed by atoms with Crippen molar-refractivity contribution in [3.8, 4) is 0 Å². The van der Waals surface area contributed by atoms with E-state index in [2.05, 4.69) is 9.05 Å². The third kappa shape index (κ3) is 4.25. The van der Waals surface area contributed by atoms with E-state index in [1.165, 1.54) is 26.0 Å². The zero-order valence-corrected chi connectivity index (χ0v) is 12.4. The number of hydrogen-bond donors (Lipinski definition) is 0. The van der Waals surface area contributed by atoms with Crippen LogP contribution in [0, 0.1) is 0 Å². The topological polar surface area (TPSA) is 35.5 Å². The van der Waals surface area contributed by atoms with Gasteiger partial charge >= 0.3 is 13.3 Å². The van der Waals surface area contributed by atoms with Gasteiger partial charge in [-0.1, -0.05) is 23.7 Å². The fourth-order valence-electron chi connectivity index (χ4n) is 1.56. The van der Waals surface area contributed by atoms with Gasteiger partial charge in [-0.05, 0) is 31.5 Å². The van der Waals surface area contributed by atoms with Gasteiger partial charge in [-0.25, -0.2) is 0 Å². The maximum absolute atomic E-state index is 14.1. The molecule has 7 heteroatoms. The van der Waals surface area contributed by atoms with Gasteiger partial charge in [-0.2, -0.15) is 8.78 Å². The molecule has 1 rings (SSSR count). The predicted octanol–water partition coefficient (Wildman–Crippen LogP) is 4.74. The summed E-state index contributed by atoms with van der Waals surface area (Å²) in [6.07, 6.45) is -0.745. The van der Waals surface area contributed by atoms with Crippen molar-refractivity contribution in [3.05, 3.63) is 34.9 Å². The van der Waals surface area contributed by atoms with Crippen molar-refractivity contribution in [1.29, 1.82) is 0 Å². The Kier molecular flexibility index (Phi) is 5.93. The van der Waals surface area contributed by atoms with Gasteiger partial charge in [-0.3, -0.25) is 4.57 Å². The molecule has 0 aromatic heterocycles. The summed E-state index contributed by atoms with van der Waals surface area (Å²) < 4.78 is 49.7. The second-order valence-corrected chi connectivity index (χ2v) is 6.41. The molecule has 3 nitrogen and oxygen atoms in total. The van der Waals surface area contributed by atoms with E-state index in [1.807, 2.05) is 0 Å². The summed E-state index contributed by atoms with van der Waals surface area (Å²) in [5.74, 6) is 0. The monoisotopic (exact) mass is 312 g/mol. The summed E-state index contributed by atoms with van der Waals surface area (Å²) in [5.41, 5.74) is -3.32. The van der Waals surface area contributed by atoms with Gasteiger partial charge in [0.25, 0.3) is 0 Å². The Balaban J connectivity index is 2.97. The first-order valence-electron chi connectivity index (χ1n) is 5.86. The Bertz CT molecular complexity index is 458. The van der Waals surface area contributed by atoms with Gasteiger partial charge in [-0.15, -0.1) is 0 Å². The van der Waals surface area contributed by atoms with Crippen LogP contribution in [0.5, 0.6) is 0 Å². The first kappa shape index (κ1) is 16.6. The predicted molar refractivity (Wildman–Crippen MR) is 71.0 cm³/mol. The smallest absolute Gasteiger partial charge is 0.305 e. The molecular weight excluding hydrogens is 297 g/mol. The fraction of sp³-hybridized carbons (Fsp3) is 0.500. The Hall–Kier alpha value is -0.480. The summed E-state index contributed by atoms with van der Waals surface area (Å²) in [6.45, 7) is 2.76. The van der Waals surface area contributed by atoms with Crippen LogP contribution in [-0.4, -0.2) is 18.9 Å². The molecule has 0 N–H and O–H groups in total. The Morgan fingerprint density at radius 2 is 1.84 bits per heavy atom. The summed E-state index contributed by atoms with van der Waals surface area (Å²) >= 11 is 5.73. The lowest BCUT2D eigenvalue weighted by Gasteiger charge is -2.25. The minimum absolute atomic E-state index is 0.109. The zero-order valence-electron chi connectivity index (χ0n) is 10.7. The molecule has 19 heavy (non-hydrogen) atoms. The number of alkyl halides is 2. The Labute approximate surface area is 116 Å². The standard InChI is InChI=1S/C12H16ClF2O3P/c1-3-17-19(16,18-4-2)12(14,15)9-10-6-5-7-11(13)8-10/h5-8H,3-4,9H2,1-2H3. The lowest BCUT2D eigenvalue weighted by molar-refractivity contribution is 0.0393. The molecule has 0 saturated heterocycles. The first-order valence-corrected chi connectivity index (χ1v) is 7.78. The van der Waals surface area contributed by atoms with Crippen LogP contribution < -0.4 is 0 Å². The van der Waals surface area contributed by atoms with E-state index in [4.69, 9.17) is 11.6 Å². The quantitative estimate of drug-likeness (QED) is 0.682. The molecule has 0 fully saturated rings. The van der Waals surface area contributed by atoms with Gasteiger partial charge in [0.2, 0.25) is 0 Å². The van der Waals surface area contributed by atoms with Crippen molar-refractivity contribution in [3.63, 3.8) is 0 Å². The largest absolute Gasteiger partial charge is 0.399 e. The van der Waals surface area contributed by atoms with Crippen LogP contribution in [0.2, 0.25) is 5.02 Å². The summed E-state index contributed by atoms with van der Waals surface area (Å²) in [5, 5.41) is 0.343. The second kappa shape index (κ2) is 6.80. The van der Waals surface area contributed by atoms with Crippen LogP contribution in [0.25, 0.3) is 0 Å². The average Bonchev–Trinajstić information content (AvgIpc) is 2.28. The lowest BCUT2D eigenvalue weighted by atomic mass is 10.2. The normalized spacial score (nSPS) is 12.7. The molecule has 0 atom stereocenters. The number of hydrogen-bond acceptors (Lipinski definition) is 3. The van der Waals surface area contributed by atoms with Gasteiger partial charge in [0.15, 0.2) is 0 Å². The first-order chi connectivity index (χ1) is 8.84. The van der Waals surface area contributed by atoms with E-state index in [0.717, 1.165) is 0 Å². The summed E-state index contributed by atoms with van der Waals surface area (Å²) in [4.78, 5) is 0. The van der Waals surface area contributed by atoms with Crippen molar-refractivity contribution in [2.24, 2.45) is 0 Å². The van der Waals surface area contributed by atoms with E-state index >= 15 is 0 Å². The molecule has 1 aromatic carbocycles. The van der Waals surface area contributed by atoms with Crippen LogP contribution in [0.15, 0.2) is 24.3 Å². The molecule has 0 aliphatic rings. The van der Waals surface area contributed by atoms with Crippen LogP contribution in [0.4, 0.5) is 8.78 Å². The van der Waals surface area contributed by atoms with E-state index < -0.39 is 19.7 Å². The van der Waals surface area contributed by atoms with Crippen molar-refractivity contribution in [2.75, 3.05) is 13.2 Å². The molecule has 0 bridgehead atoms. The molecule has 0 saturated carbocycles. The van der Waals surface area contributed by atoms with Crippen LogP contribution in [-0.2, 0) is 20.0 Å². The third-order valence-electron chi connectivity index (χ3n) is 2.30. The highest BCUT2D eigenvalue weighted by molar-refractivity contribution is 7.55. The van der Waals surface area contributed by atoms with E-state index in [9.17, 15) is 13.3 Å². The van der Waals surface area contributed by atoms with Crippen LogP contribution in [0.1, 0.15) is 19.4 Å².